The zero-order valence-electron chi connectivity index (χ0n) is 12.5. The summed E-state index contributed by atoms with van der Waals surface area (Å²) in [5, 5.41) is 3.33. The van der Waals surface area contributed by atoms with Gasteiger partial charge in [-0.15, -0.1) is 0 Å². The molecule has 1 fully saturated rings. The highest BCUT2D eigenvalue weighted by Crippen LogP contribution is 2.20. The van der Waals surface area contributed by atoms with Gasteiger partial charge in [-0.2, -0.15) is 0 Å². The minimum atomic E-state index is -0.869. The Morgan fingerprint density at radius 3 is 2.76 bits per heavy atom. The van der Waals surface area contributed by atoms with Crippen LogP contribution in [0.3, 0.4) is 0 Å². The van der Waals surface area contributed by atoms with Gasteiger partial charge in [0.25, 0.3) is 0 Å². The summed E-state index contributed by atoms with van der Waals surface area (Å²) in [6.45, 7) is 5.72. The molecule has 0 aromatic heterocycles. The van der Waals surface area contributed by atoms with Gasteiger partial charge >= 0.3 is 0 Å². The number of benzene rings is 1. The lowest BCUT2D eigenvalue weighted by molar-refractivity contribution is -0.137. The number of halogens is 2. The fourth-order valence-electron chi connectivity index (χ4n) is 2.82. The molecule has 2 rings (SSSR count). The molecule has 1 aliphatic heterocycles. The first-order valence-electron chi connectivity index (χ1n) is 7.47. The van der Waals surface area contributed by atoms with Crippen molar-refractivity contribution in [1.29, 1.82) is 0 Å². The van der Waals surface area contributed by atoms with E-state index in [0.717, 1.165) is 31.5 Å². The molecule has 2 atom stereocenters. The molecule has 1 saturated heterocycles. The Kier molecular flexibility index (Phi) is 5.28. The first kappa shape index (κ1) is 15.9. The Morgan fingerprint density at radius 2 is 2.14 bits per heavy atom. The molecule has 1 aromatic carbocycles. The van der Waals surface area contributed by atoms with Crippen molar-refractivity contribution in [2.24, 2.45) is 5.92 Å². The molecular formula is C16H22F2N2O. The smallest absolute Gasteiger partial charge is 0.226 e. The van der Waals surface area contributed by atoms with Crippen LogP contribution in [0.2, 0.25) is 0 Å². The third kappa shape index (κ3) is 4.00. The van der Waals surface area contributed by atoms with E-state index in [1.807, 2.05) is 6.92 Å². The molecule has 3 nitrogen and oxygen atoms in total. The van der Waals surface area contributed by atoms with Gasteiger partial charge in [-0.05, 0) is 50.9 Å². The lowest BCUT2D eigenvalue weighted by Crippen LogP contribution is -2.43. The van der Waals surface area contributed by atoms with Crippen molar-refractivity contribution in [1.82, 2.24) is 10.2 Å². The van der Waals surface area contributed by atoms with Gasteiger partial charge in [0.15, 0.2) is 11.6 Å². The molecule has 0 bridgehead atoms. The summed E-state index contributed by atoms with van der Waals surface area (Å²) in [5.74, 6) is -1.60. The van der Waals surface area contributed by atoms with E-state index in [-0.39, 0.29) is 11.8 Å². The quantitative estimate of drug-likeness (QED) is 0.926. The third-order valence-electron chi connectivity index (χ3n) is 4.02. The van der Waals surface area contributed by atoms with Gasteiger partial charge in [-0.3, -0.25) is 4.79 Å². The summed E-state index contributed by atoms with van der Waals surface area (Å²) in [5.41, 5.74) is 0.617. The number of rotatable bonds is 4. The van der Waals surface area contributed by atoms with E-state index in [2.05, 4.69) is 12.2 Å². The molecule has 1 aliphatic rings. The summed E-state index contributed by atoms with van der Waals surface area (Å²) < 4.78 is 26.2. The van der Waals surface area contributed by atoms with E-state index < -0.39 is 11.6 Å². The maximum absolute atomic E-state index is 13.3. The molecule has 1 heterocycles. The molecule has 0 saturated carbocycles. The zero-order chi connectivity index (χ0) is 15.4. The van der Waals surface area contributed by atoms with E-state index in [1.165, 1.54) is 6.07 Å². The van der Waals surface area contributed by atoms with Gasteiger partial charge in [0.05, 0.1) is 0 Å². The first-order valence-corrected chi connectivity index (χ1v) is 7.47. The summed E-state index contributed by atoms with van der Waals surface area (Å²) in [7, 11) is 0. The fraction of sp³-hybridized carbons (Fsp3) is 0.562. The molecule has 1 N–H and O–H groups in total. The van der Waals surface area contributed by atoms with Crippen LogP contribution in [0.5, 0.6) is 0 Å². The normalized spacial score (nSPS) is 22.1. The third-order valence-corrected chi connectivity index (χ3v) is 4.02. The van der Waals surface area contributed by atoms with Crippen LogP contribution >= 0.6 is 0 Å². The largest absolute Gasteiger partial charge is 0.338 e. The van der Waals surface area contributed by atoms with Crippen molar-refractivity contribution >= 4 is 5.91 Å². The molecule has 0 aliphatic carbocycles. The molecule has 0 spiro atoms. The Morgan fingerprint density at radius 1 is 1.38 bits per heavy atom. The molecule has 0 radical (unpaired) electrons. The van der Waals surface area contributed by atoms with Crippen molar-refractivity contribution in [3.8, 4) is 0 Å². The molecule has 1 aromatic rings. The van der Waals surface area contributed by atoms with Crippen LogP contribution in [-0.2, 0) is 11.3 Å². The summed E-state index contributed by atoms with van der Waals surface area (Å²) in [4.78, 5) is 14.3. The van der Waals surface area contributed by atoms with Crippen LogP contribution in [-0.4, -0.2) is 29.9 Å². The van der Waals surface area contributed by atoms with E-state index in [9.17, 15) is 13.6 Å². The number of hydrogen-bond acceptors (Lipinski definition) is 2. The van der Waals surface area contributed by atoms with Crippen molar-refractivity contribution < 1.29 is 13.6 Å². The summed E-state index contributed by atoms with van der Waals surface area (Å²) in [6, 6.07) is 4.14. The average molecular weight is 296 g/mol. The SMILES string of the molecule is CCN(Cc1ccc(F)c(F)c1)C(=O)C1CCNC(C)C1. The first-order chi connectivity index (χ1) is 10.0. The second-order valence-electron chi connectivity index (χ2n) is 5.68. The lowest BCUT2D eigenvalue weighted by Gasteiger charge is -2.31. The number of hydrogen-bond donors (Lipinski definition) is 1. The van der Waals surface area contributed by atoms with Gasteiger partial charge in [-0.1, -0.05) is 6.07 Å². The Labute approximate surface area is 124 Å². The molecule has 1 amide bonds. The summed E-state index contributed by atoms with van der Waals surface area (Å²) >= 11 is 0. The zero-order valence-corrected chi connectivity index (χ0v) is 12.5. The van der Waals surface area contributed by atoms with Crippen LogP contribution in [0.25, 0.3) is 0 Å². The summed E-state index contributed by atoms with van der Waals surface area (Å²) in [6.07, 6.45) is 1.66. The van der Waals surface area contributed by atoms with Gasteiger partial charge in [0.2, 0.25) is 5.91 Å². The van der Waals surface area contributed by atoms with Gasteiger partial charge in [-0.25, -0.2) is 8.78 Å². The van der Waals surface area contributed by atoms with E-state index in [4.69, 9.17) is 0 Å². The Balaban J connectivity index is 2.04. The van der Waals surface area contributed by atoms with Crippen LogP contribution in [0.15, 0.2) is 18.2 Å². The van der Waals surface area contributed by atoms with Gasteiger partial charge in [0, 0.05) is 25.0 Å². The van der Waals surface area contributed by atoms with Gasteiger partial charge in [0.1, 0.15) is 0 Å². The monoisotopic (exact) mass is 296 g/mol. The molecule has 116 valence electrons. The second kappa shape index (κ2) is 6.98. The predicted molar refractivity (Wildman–Crippen MR) is 77.6 cm³/mol. The van der Waals surface area contributed by atoms with Gasteiger partial charge < -0.3 is 10.2 Å². The topological polar surface area (TPSA) is 32.3 Å². The minimum Gasteiger partial charge on any atom is -0.338 e. The number of nitrogens with one attached hydrogen (secondary N) is 1. The predicted octanol–water partition coefficient (Wildman–Crippen LogP) is 2.70. The van der Waals surface area contributed by atoms with Crippen molar-refractivity contribution in [3.63, 3.8) is 0 Å². The van der Waals surface area contributed by atoms with Crippen LogP contribution in [0.4, 0.5) is 8.78 Å². The second-order valence-corrected chi connectivity index (χ2v) is 5.68. The highest BCUT2D eigenvalue weighted by Gasteiger charge is 2.28. The highest BCUT2D eigenvalue weighted by atomic mass is 19.2. The lowest BCUT2D eigenvalue weighted by atomic mass is 9.92. The Bertz CT molecular complexity index is 507. The molecule has 21 heavy (non-hydrogen) atoms. The number of amides is 1. The Hall–Kier alpha value is -1.49. The van der Waals surface area contributed by atoms with Crippen LogP contribution in [0.1, 0.15) is 32.3 Å². The number of carbonyl (C=O) groups is 1. The van der Waals surface area contributed by atoms with Crippen molar-refractivity contribution in [3.05, 3.63) is 35.4 Å². The molecular weight excluding hydrogens is 274 g/mol. The van der Waals surface area contributed by atoms with E-state index >= 15 is 0 Å². The van der Waals surface area contributed by atoms with E-state index in [0.29, 0.717) is 24.7 Å². The number of piperidine rings is 1. The molecule has 5 heteroatoms. The average Bonchev–Trinajstić information content (AvgIpc) is 2.47. The maximum atomic E-state index is 13.3. The standard InChI is InChI=1S/C16H22F2N2O/c1-3-20(10-12-4-5-14(17)15(18)9-12)16(21)13-6-7-19-11(2)8-13/h4-5,9,11,13,19H,3,6-8,10H2,1-2H3. The number of nitrogens with zero attached hydrogens (tertiary/aromatic N) is 1. The molecule has 2 unspecified atom stereocenters. The highest BCUT2D eigenvalue weighted by molar-refractivity contribution is 5.79. The minimum absolute atomic E-state index is 0.0199. The van der Waals surface area contributed by atoms with Crippen molar-refractivity contribution in [2.45, 2.75) is 39.3 Å². The van der Waals surface area contributed by atoms with Crippen LogP contribution < -0.4 is 5.32 Å². The van der Waals surface area contributed by atoms with Crippen molar-refractivity contribution in [2.75, 3.05) is 13.1 Å². The fourth-order valence-corrected chi connectivity index (χ4v) is 2.82. The maximum Gasteiger partial charge on any atom is 0.226 e. The number of carbonyl (C=O) groups excluding carboxylic acids is 1. The van der Waals surface area contributed by atoms with Crippen LogP contribution in [0, 0.1) is 17.6 Å². The van der Waals surface area contributed by atoms with E-state index in [1.54, 1.807) is 4.90 Å².